The Labute approximate surface area is 109 Å². The summed E-state index contributed by atoms with van der Waals surface area (Å²) in [5.74, 6) is -3.44. The Morgan fingerprint density at radius 2 is 1.68 bits per heavy atom. The summed E-state index contributed by atoms with van der Waals surface area (Å²) in [5, 5.41) is 8.88. The molecule has 0 amide bonds. The first-order valence-corrected chi connectivity index (χ1v) is 5.72. The van der Waals surface area contributed by atoms with E-state index < -0.39 is 34.8 Å². The predicted molar refractivity (Wildman–Crippen MR) is 67.2 cm³/mol. The van der Waals surface area contributed by atoms with Crippen LogP contribution in [-0.2, 0) is 18.9 Å². The lowest BCUT2D eigenvalue weighted by Crippen LogP contribution is -2.41. The standard InChI is InChI=1S/C12H16N2O5/c1-6(7(2)11(17)18)9(15)8-5-13(3)12(19)14(4)10(8)16/h5-7H,1-4H3,(H,17,18). The van der Waals surface area contributed by atoms with Crippen molar-refractivity contribution in [2.45, 2.75) is 13.8 Å². The number of carboxylic acid groups (broad SMARTS) is 1. The molecule has 0 radical (unpaired) electrons. The van der Waals surface area contributed by atoms with Gasteiger partial charge in [-0.25, -0.2) is 4.79 Å². The summed E-state index contributed by atoms with van der Waals surface area (Å²) in [7, 11) is 2.69. The van der Waals surface area contributed by atoms with E-state index in [-0.39, 0.29) is 5.56 Å². The second-order valence-corrected chi connectivity index (χ2v) is 4.58. The Balaban J connectivity index is 3.33. The first-order chi connectivity index (χ1) is 8.68. The van der Waals surface area contributed by atoms with Crippen molar-refractivity contribution in [1.29, 1.82) is 0 Å². The van der Waals surface area contributed by atoms with E-state index in [1.807, 2.05) is 0 Å². The van der Waals surface area contributed by atoms with Gasteiger partial charge in [0.25, 0.3) is 5.56 Å². The number of ketones is 1. The number of carbonyl (C=O) groups excluding carboxylic acids is 1. The molecule has 0 aliphatic heterocycles. The molecule has 0 spiro atoms. The third-order valence-electron chi connectivity index (χ3n) is 3.26. The lowest BCUT2D eigenvalue weighted by molar-refractivity contribution is -0.142. The van der Waals surface area contributed by atoms with Gasteiger partial charge in [-0.2, -0.15) is 0 Å². The zero-order valence-corrected chi connectivity index (χ0v) is 11.2. The normalized spacial score (nSPS) is 13.9. The number of aryl methyl sites for hydroxylation is 1. The van der Waals surface area contributed by atoms with Gasteiger partial charge in [0.1, 0.15) is 0 Å². The first kappa shape index (κ1) is 14.9. The minimum Gasteiger partial charge on any atom is -0.481 e. The van der Waals surface area contributed by atoms with Crippen molar-refractivity contribution in [3.05, 3.63) is 32.6 Å². The summed E-state index contributed by atoms with van der Waals surface area (Å²) in [4.78, 5) is 46.4. The van der Waals surface area contributed by atoms with Crippen molar-refractivity contribution in [3.8, 4) is 0 Å². The number of aromatic nitrogens is 2. The number of hydrogen-bond acceptors (Lipinski definition) is 4. The molecule has 0 aliphatic rings. The highest BCUT2D eigenvalue weighted by atomic mass is 16.4. The molecule has 1 rings (SSSR count). The summed E-state index contributed by atoms with van der Waals surface area (Å²) in [6.07, 6.45) is 1.15. The molecule has 0 saturated carbocycles. The van der Waals surface area contributed by atoms with Crippen molar-refractivity contribution in [3.63, 3.8) is 0 Å². The average Bonchev–Trinajstić information content (AvgIpc) is 2.37. The maximum absolute atomic E-state index is 12.1. The van der Waals surface area contributed by atoms with Gasteiger partial charge in [-0.15, -0.1) is 0 Å². The number of rotatable bonds is 4. The van der Waals surface area contributed by atoms with Gasteiger partial charge in [0.2, 0.25) is 0 Å². The van der Waals surface area contributed by atoms with Crippen LogP contribution in [0, 0.1) is 11.8 Å². The third kappa shape index (κ3) is 2.64. The van der Waals surface area contributed by atoms with Crippen molar-refractivity contribution < 1.29 is 14.7 Å². The van der Waals surface area contributed by atoms with E-state index in [1.54, 1.807) is 0 Å². The fourth-order valence-electron chi connectivity index (χ4n) is 1.66. The van der Waals surface area contributed by atoms with E-state index in [4.69, 9.17) is 5.11 Å². The quantitative estimate of drug-likeness (QED) is 0.751. The second-order valence-electron chi connectivity index (χ2n) is 4.58. The highest BCUT2D eigenvalue weighted by molar-refractivity contribution is 5.99. The molecule has 0 aromatic carbocycles. The molecular weight excluding hydrogens is 252 g/mol. The minimum absolute atomic E-state index is 0.176. The van der Waals surface area contributed by atoms with Gasteiger partial charge in [-0.05, 0) is 0 Å². The summed E-state index contributed by atoms with van der Waals surface area (Å²) in [6, 6.07) is 0. The number of nitrogens with zero attached hydrogens (tertiary/aromatic N) is 2. The summed E-state index contributed by atoms with van der Waals surface area (Å²) < 4.78 is 1.94. The van der Waals surface area contributed by atoms with E-state index in [1.165, 1.54) is 27.9 Å². The molecule has 0 fully saturated rings. The number of carboxylic acids is 1. The first-order valence-electron chi connectivity index (χ1n) is 5.72. The lowest BCUT2D eigenvalue weighted by atomic mass is 9.89. The van der Waals surface area contributed by atoms with E-state index in [9.17, 15) is 19.2 Å². The fraction of sp³-hybridized carbons (Fsp3) is 0.500. The van der Waals surface area contributed by atoms with E-state index in [0.29, 0.717) is 0 Å². The van der Waals surface area contributed by atoms with Gasteiger partial charge in [0.15, 0.2) is 5.78 Å². The van der Waals surface area contributed by atoms with Gasteiger partial charge < -0.3 is 9.67 Å². The zero-order chi connectivity index (χ0) is 14.9. The maximum atomic E-state index is 12.1. The smallest absolute Gasteiger partial charge is 0.330 e. The second kappa shape index (κ2) is 5.21. The molecule has 104 valence electrons. The molecule has 19 heavy (non-hydrogen) atoms. The predicted octanol–water partition coefficient (Wildman–Crippen LogP) is -0.376. The number of Topliss-reactive ketones (excluding diaryl/α,β-unsaturated/α-hetero) is 1. The van der Waals surface area contributed by atoms with Crippen LogP contribution in [0.25, 0.3) is 0 Å². The van der Waals surface area contributed by atoms with Crippen molar-refractivity contribution >= 4 is 11.8 Å². The van der Waals surface area contributed by atoms with Crippen molar-refractivity contribution in [1.82, 2.24) is 9.13 Å². The molecule has 1 heterocycles. The van der Waals surface area contributed by atoms with Crippen molar-refractivity contribution in [2.24, 2.45) is 25.9 Å². The Kier molecular flexibility index (Phi) is 4.08. The van der Waals surface area contributed by atoms with Gasteiger partial charge in [-0.1, -0.05) is 13.8 Å². The van der Waals surface area contributed by atoms with Gasteiger partial charge in [0, 0.05) is 26.2 Å². The van der Waals surface area contributed by atoms with Gasteiger partial charge >= 0.3 is 11.7 Å². The minimum atomic E-state index is -1.11. The molecule has 7 heteroatoms. The summed E-state index contributed by atoms with van der Waals surface area (Å²) in [5.41, 5.74) is -1.43. The molecule has 0 bridgehead atoms. The maximum Gasteiger partial charge on any atom is 0.330 e. The third-order valence-corrected chi connectivity index (χ3v) is 3.26. The van der Waals surface area contributed by atoms with Crippen LogP contribution in [0.5, 0.6) is 0 Å². The number of aliphatic carboxylic acids is 1. The average molecular weight is 268 g/mol. The number of hydrogen-bond donors (Lipinski definition) is 1. The van der Waals surface area contributed by atoms with Crippen LogP contribution in [0.3, 0.4) is 0 Å². The van der Waals surface area contributed by atoms with Crippen LogP contribution in [0.1, 0.15) is 24.2 Å². The Morgan fingerprint density at radius 3 is 2.16 bits per heavy atom. The molecule has 2 unspecified atom stereocenters. The Bertz CT molecular complexity index is 641. The molecule has 1 aromatic heterocycles. The Hall–Kier alpha value is -2.18. The molecule has 0 aliphatic carbocycles. The van der Waals surface area contributed by atoms with Crippen LogP contribution in [0.4, 0.5) is 0 Å². The van der Waals surface area contributed by atoms with E-state index >= 15 is 0 Å². The monoisotopic (exact) mass is 268 g/mol. The van der Waals surface area contributed by atoms with Gasteiger partial charge in [0.05, 0.1) is 11.5 Å². The van der Waals surface area contributed by atoms with Crippen LogP contribution in [-0.4, -0.2) is 26.0 Å². The van der Waals surface area contributed by atoms with Crippen LogP contribution in [0.2, 0.25) is 0 Å². The van der Waals surface area contributed by atoms with Crippen LogP contribution >= 0.6 is 0 Å². The van der Waals surface area contributed by atoms with E-state index in [0.717, 1.165) is 15.3 Å². The highest BCUT2D eigenvalue weighted by Gasteiger charge is 2.28. The van der Waals surface area contributed by atoms with Crippen LogP contribution < -0.4 is 11.2 Å². The Morgan fingerprint density at radius 1 is 1.16 bits per heavy atom. The lowest BCUT2D eigenvalue weighted by Gasteiger charge is -2.15. The molecule has 7 nitrogen and oxygen atoms in total. The highest BCUT2D eigenvalue weighted by Crippen LogP contribution is 2.15. The van der Waals surface area contributed by atoms with Crippen molar-refractivity contribution in [2.75, 3.05) is 0 Å². The summed E-state index contributed by atoms with van der Waals surface area (Å²) >= 11 is 0. The molecule has 1 aromatic rings. The molecule has 2 atom stereocenters. The summed E-state index contributed by atoms with van der Waals surface area (Å²) in [6.45, 7) is 2.85. The SMILES string of the molecule is CC(C(=O)O)C(C)C(=O)c1cn(C)c(=O)n(C)c1=O. The fourth-order valence-corrected chi connectivity index (χ4v) is 1.66. The molecule has 0 saturated heterocycles. The molecule has 1 N–H and O–H groups in total. The molecular formula is C12H16N2O5. The zero-order valence-electron chi connectivity index (χ0n) is 11.2. The number of carbonyl (C=O) groups is 2. The van der Waals surface area contributed by atoms with Crippen LogP contribution in [0.15, 0.2) is 15.8 Å². The topological polar surface area (TPSA) is 98.4 Å². The van der Waals surface area contributed by atoms with E-state index in [2.05, 4.69) is 0 Å². The van der Waals surface area contributed by atoms with Gasteiger partial charge in [-0.3, -0.25) is 19.0 Å². The largest absolute Gasteiger partial charge is 0.481 e.